The third-order valence-electron chi connectivity index (χ3n) is 4.57. The van der Waals surface area contributed by atoms with Crippen molar-refractivity contribution in [3.63, 3.8) is 0 Å². The Morgan fingerprint density at radius 3 is 2.59 bits per heavy atom. The number of nitrogens with one attached hydrogen (secondary N) is 1. The number of thiophene rings is 1. The van der Waals surface area contributed by atoms with Gasteiger partial charge in [0.15, 0.2) is 0 Å². The normalized spacial score (nSPS) is 11.1. The first-order valence-corrected chi connectivity index (χ1v) is 10.3. The molecule has 3 aromatic rings. The highest BCUT2D eigenvalue weighted by atomic mass is 32.1. The zero-order valence-electron chi connectivity index (χ0n) is 15.9. The molecule has 142 valence electrons. The molecule has 1 amide bonds. The van der Waals surface area contributed by atoms with Crippen molar-refractivity contribution >= 4 is 17.2 Å². The van der Waals surface area contributed by atoms with Crippen molar-refractivity contribution in [3.8, 4) is 16.3 Å². The first-order valence-electron chi connectivity index (χ1n) is 9.42. The molecule has 5 nitrogen and oxygen atoms in total. The molecule has 0 saturated carbocycles. The first kappa shape index (κ1) is 19.3. The van der Waals surface area contributed by atoms with E-state index < -0.39 is 0 Å². The Hall–Kier alpha value is -2.44. The number of hydrogen-bond acceptors (Lipinski definition) is 4. The second-order valence-corrected chi connectivity index (χ2v) is 7.23. The lowest BCUT2D eigenvalue weighted by Crippen LogP contribution is -2.30. The molecule has 0 aliphatic rings. The van der Waals surface area contributed by atoms with Crippen LogP contribution >= 0.6 is 11.3 Å². The van der Waals surface area contributed by atoms with Gasteiger partial charge in [0, 0.05) is 12.7 Å². The Labute approximate surface area is 164 Å². The average Bonchev–Trinajstić information content (AvgIpc) is 3.38. The molecule has 1 N–H and O–H groups in total. The smallest absolute Gasteiger partial charge is 0.255 e. The van der Waals surface area contributed by atoms with E-state index in [1.165, 1.54) is 0 Å². The number of rotatable bonds is 9. The molecule has 0 aliphatic heterocycles. The molecule has 0 saturated heterocycles. The van der Waals surface area contributed by atoms with Gasteiger partial charge in [0.2, 0.25) is 0 Å². The molecule has 0 spiro atoms. The highest BCUT2D eigenvalue weighted by Crippen LogP contribution is 2.27. The van der Waals surface area contributed by atoms with Crippen molar-refractivity contribution in [2.24, 2.45) is 0 Å². The van der Waals surface area contributed by atoms with Crippen molar-refractivity contribution in [3.05, 3.63) is 59.6 Å². The van der Waals surface area contributed by atoms with Crippen LogP contribution in [0.15, 0.2) is 54.0 Å². The summed E-state index contributed by atoms with van der Waals surface area (Å²) < 4.78 is 1.78. The molecular formula is C21H26N4OS. The fourth-order valence-corrected chi connectivity index (χ4v) is 3.71. The molecule has 6 heteroatoms. The van der Waals surface area contributed by atoms with Crippen molar-refractivity contribution in [2.45, 2.75) is 20.3 Å². The lowest BCUT2D eigenvalue weighted by molar-refractivity contribution is 0.0952. The van der Waals surface area contributed by atoms with Gasteiger partial charge in [-0.2, -0.15) is 5.10 Å². The fraction of sp³-hybridized carbons (Fsp3) is 0.333. The Kier molecular flexibility index (Phi) is 6.79. The van der Waals surface area contributed by atoms with E-state index in [1.54, 1.807) is 16.0 Å². The quantitative estimate of drug-likeness (QED) is 0.568. The number of nitrogens with zero attached hydrogens (tertiary/aromatic N) is 3. The Morgan fingerprint density at radius 2 is 1.93 bits per heavy atom. The van der Waals surface area contributed by atoms with E-state index >= 15 is 0 Å². The van der Waals surface area contributed by atoms with Crippen molar-refractivity contribution in [1.29, 1.82) is 0 Å². The van der Waals surface area contributed by atoms with E-state index in [2.05, 4.69) is 29.2 Å². The van der Waals surface area contributed by atoms with E-state index in [9.17, 15) is 4.79 Å². The summed E-state index contributed by atoms with van der Waals surface area (Å²) >= 11 is 1.59. The summed E-state index contributed by atoms with van der Waals surface area (Å²) in [6.07, 6.45) is 2.76. The molecule has 0 aliphatic carbocycles. The fourth-order valence-electron chi connectivity index (χ4n) is 2.99. The SMILES string of the molecule is CCN(CC)CCCNC(=O)c1cn(-c2ccccc2)nc1-c1cccs1. The van der Waals surface area contributed by atoms with Gasteiger partial charge < -0.3 is 10.2 Å². The summed E-state index contributed by atoms with van der Waals surface area (Å²) in [5.41, 5.74) is 2.29. The van der Waals surface area contributed by atoms with Crippen molar-refractivity contribution < 1.29 is 4.79 Å². The van der Waals surface area contributed by atoms with Gasteiger partial charge in [0.25, 0.3) is 5.91 Å². The zero-order valence-corrected chi connectivity index (χ0v) is 16.7. The molecule has 2 heterocycles. The molecule has 3 rings (SSSR count). The predicted molar refractivity (Wildman–Crippen MR) is 112 cm³/mol. The van der Waals surface area contributed by atoms with E-state index in [4.69, 9.17) is 0 Å². The van der Waals surface area contributed by atoms with Gasteiger partial charge in [-0.25, -0.2) is 4.68 Å². The number of carbonyl (C=O) groups is 1. The lowest BCUT2D eigenvalue weighted by Gasteiger charge is -2.17. The molecular weight excluding hydrogens is 356 g/mol. The topological polar surface area (TPSA) is 50.2 Å². The van der Waals surface area contributed by atoms with Crippen LogP contribution in [0.3, 0.4) is 0 Å². The van der Waals surface area contributed by atoms with E-state index in [0.29, 0.717) is 12.1 Å². The maximum Gasteiger partial charge on any atom is 0.255 e. The summed E-state index contributed by atoms with van der Waals surface area (Å²) in [5.74, 6) is -0.0693. The molecule has 0 radical (unpaired) electrons. The number of para-hydroxylation sites is 1. The van der Waals surface area contributed by atoms with Crippen LogP contribution in [-0.2, 0) is 0 Å². The van der Waals surface area contributed by atoms with Gasteiger partial charge in [-0.1, -0.05) is 38.1 Å². The number of carbonyl (C=O) groups excluding carboxylic acids is 1. The van der Waals surface area contributed by atoms with Gasteiger partial charge in [0.05, 0.1) is 16.1 Å². The number of hydrogen-bond donors (Lipinski definition) is 1. The monoisotopic (exact) mass is 382 g/mol. The van der Waals surface area contributed by atoms with Crippen LogP contribution < -0.4 is 5.32 Å². The summed E-state index contributed by atoms with van der Waals surface area (Å²) in [6, 6.07) is 13.8. The van der Waals surface area contributed by atoms with E-state index in [1.807, 2.05) is 54.0 Å². The third-order valence-corrected chi connectivity index (χ3v) is 5.44. The summed E-state index contributed by atoms with van der Waals surface area (Å²) in [4.78, 5) is 16.2. The molecule has 27 heavy (non-hydrogen) atoms. The molecule has 0 atom stereocenters. The standard InChI is InChI=1S/C21H26N4OS/c1-3-24(4-2)14-9-13-22-21(26)18-16-25(17-10-6-5-7-11-17)23-20(18)19-12-8-15-27-19/h5-8,10-12,15-16H,3-4,9,13-14H2,1-2H3,(H,22,26). The van der Waals surface area contributed by atoms with Crippen molar-refractivity contribution in [2.75, 3.05) is 26.2 Å². The predicted octanol–water partition coefficient (Wildman–Crippen LogP) is 4.06. The minimum absolute atomic E-state index is 0.0693. The van der Waals surface area contributed by atoms with Gasteiger partial charge in [-0.3, -0.25) is 4.79 Å². The molecule has 0 fully saturated rings. The van der Waals surface area contributed by atoms with Crippen LogP contribution in [0, 0.1) is 0 Å². The van der Waals surface area contributed by atoms with Crippen molar-refractivity contribution in [1.82, 2.24) is 20.0 Å². The maximum absolute atomic E-state index is 12.8. The lowest BCUT2D eigenvalue weighted by atomic mass is 10.2. The molecule has 2 aromatic heterocycles. The third kappa shape index (κ3) is 4.84. The van der Waals surface area contributed by atoms with Crippen LogP contribution in [-0.4, -0.2) is 46.8 Å². The molecule has 1 aromatic carbocycles. The van der Waals surface area contributed by atoms with E-state index in [-0.39, 0.29) is 5.91 Å². The average molecular weight is 383 g/mol. The largest absolute Gasteiger partial charge is 0.352 e. The van der Waals surface area contributed by atoms with Crippen LogP contribution in [0.1, 0.15) is 30.6 Å². The van der Waals surface area contributed by atoms with Gasteiger partial charge in [-0.05, 0) is 49.6 Å². The first-order chi connectivity index (χ1) is 13.2. The highest BCUT2D eigenvalue weighted by molar-refractivity contribution is 7.13. The van der Waals surface area contributed by atoms with Crippen LogP contribution in [0.2, 0.25) is 0 Å². The zero-order chi connectivity index (χ0) is 19.1. The minimum atomic E-state index is -0.0693. The molecule has 0 bridgehead atoms. The minimum Gasteiger partial charge on any atom is -0.352 e. The Balaban J connectivity index is 1.75. The molecule has 0 unspecified atom stereocenters. The van der Waals surface area contributed by atoms with Crippen LogP contribution in [0.4, 0.5) is 0 Å². The summed E-state index contributed by atoms with van der Waals surface area (Å²) in [6.45, 7) is 8.05. The summed E-state index contributed by atoms with van der Waals surface area (Å²) in [5, 5.41) is 9.74. The Bertz CT molecular complexity index is 838. The second kappa shape index (κ2) is 9.48. The van der Waals surface area contributed by atoms with Crippen LogP contribution in [0.25, 0.3) is 16.3 Å². The number of aromatic nitrogens is 2. The highest BCUT2D eigenvalue weighted by Gasteiger charge is 2.19. The second-order valence-electron chi connectivity index (χ2n) is 6.29. The number of benzene rings is 1. The number of amides is 1. The van der Waals surface area contributed by atoms with Gasteiger partial charge >= 0.3 is 0 Å². The summed E-state index contributed by atoms with van der Waals surface area (Å²) in [7, 11) is 0. The van der Waals surface area contributed by atoms with Gasteiger partial charge in [0.1, 0.15) is 5.69 Å². The van der Waals surface area contributed by atoms with Crippen LogP contribution in [0.5, 0.6) is 0 Å². The van der Waals surface area contributed by atoms with E-state index in [0.717, 1.165) is 42.3 Å². The maximum atomic E-state index is 12.8. The van der Waals surface area contributed by atoms with Gasteiger partial charge in [-0.15, -0.1) is 11.3 Å². The Morgan fingerprint density at radius 1 is 1.15 bits per heavy atom.